The van der Waals surface area contributed by atoms with Crippen molar-refractivity contribution in [1.29, 1.82) is 0 Å². The molecule has 0 aromatic heterocycles. The van der Waals surface area contributed by atoms with Crippen LogP contribution in [0.3, 0.4) is 0 Å². The highest BCUT2D eigenvalue weighted by molar-refractivity contribution is 5.76. The molecule has 7 nitrogen and oxygen atoms in total. The fraction of sp³-hybridized carbons (Fsp3) is 0.682. The average molecular weight is 406 g/mol. The number of likely N-dealkylation sites (tertiary alicyclic amines) is 1. The summed E-state index contributed by atoms with van der Waals surface area (Å²) < 4.78 is 5.14. The van der Waals surface area contributed by atoms with Gasteiger partial charge in [-0.05, 0) is 18.4 Å². The summed E-state index contributed by atoms with van der Waals surface area (Å²) in [6.45, 7) is 6.29. The number of hydrogen-bond acceptors (Lipinski definition) is 6. The van der Waals surface area contributed by atoms with E-state index in [-0.39, 0.29) is 12.5 Å². The Kier molecular flexibility index (Phi) is 8.03. The maximum atomic E-state index is 12.7. The van der Waals surface area contributed by atoms with Crippen molar-refractivity contribution in [1.82, 2.24) is 14.7 Å². The van der Waals surface area contributed by atoms with E-state index in [0.29, 0.717) is 32.4 Å². The summed E-state index contributed by atoms with van der Waals surface area (Å²) in [5, 5.41) is 21.7. The quantitative estimate of drug-likeness (QED) is 0.644. The Bertz CT molecular complexity index is 636. The number of aliphatic hydroxyl groups is 2. The van der Waals surface area contributed by atoms with Crippen molar-refractivity contribution in [3.05, 3.63) is 35.9 Å². The van der Waals surface area contributed by atoms with Crippen molar-refractivity contribution in [3.8, 4) is 0 Å². The van der Waals surface area contributed by atoms with Crippen LogP contribution in [-0.2, 0) is 16.0 Å². The first-order valence-corrected chi connectivity index (χ1v) is 10.7. The number of piperidine rings is 1. The molecule has 0 aliphatic carbocycles. The molecule has 2 N–H and O–H groups in total. The summed E-state index contributed by atoms with van der Waals surface area (Å²) in [7, 11) is 1.71. The molecular weight excluding hydrogens is 370 g/mol. The first-order valence-electron chi connectivity index (χ1n) is 10.7. The lowest BCUT2D eigenvalue weighted by molar-refractivity contribution is -0.157. The first-order chi connectivity index (χ1) is 14.0. The van der Waals surface area contributed by atoms with E-state index >= 15 is 0 Å². The first kappa shape index (κ1) is 22.2. The number of carbonyl (C=O) groups is 1. The standard InChI is InChI=1S/C22H35N3O4/c1-29-16-15-23-11-13-24(14-12-23)17-22(28)18-25(10-9-20(22)26)21(27)8-7-19-5-3-2-4-6-19/h2-6,20,26,28H,7-18H2,1H3/t20-,22+/m0/s1. The lowest BCUT2D eigenvalue weighted by Crippen LogP contribution is -2.64. The van der Waals surface area contributed by atoms with Crippen LogP contribution in [0.15, 0.2) is 30.3 Å². The van der Waals surface area contributed by atoms with Gasteiger partial charge in [0.05, 0.1) is 19.3 Å². The van der Waals surface area contributed by atoms with Crippen LogP contribution < -0.4 is 0 Å². The van der Waals surface area contributed by atoms with Gasteiger partial charge in [-0.1, -0.05) is 30.3 Å². The summed E-state index contributed by atoms with van der Waals surface area (Å²) in [4.78, 5) is 19.0. The molecule has 2 atom stereocenters. The highest BCUT2D eigenvalue weighted by Crippen LogP contribution is 2.24. The number of ether oxygens (including phenoxy) is 1. The van der Waals surface area contributed by atoms with E-state index in [9.17, 15) is 15.0 Å². The third kappa shape index (κ3) is 6.23. The lowest BCUT2D eigenvalue weighted by atomic mass is 9.88. The third-order valence-electron chi connectivity index (χ3n) is 6.15. The molecule has 0 radical (unpaired) electrons. The van der Waals surface area contributed by atoms with Gasteiger partial charge in [0.15, 0.2) is 0 Å². The van der Waals surface area contributed by atoms with Crippen LogP contribution in [0.2, 0.25) is 0 Å². The highest BCUT2D eigenvalue weighted by Gasteiger charge is 2.43. The fourth-order valence-electron chi connectivity index (χ4n) is 4.26. The van der Waals surface area contributed by atoms with Crippen molar-refractivity contribution in [2.75, 3.05) is 66.1 Å². The molecule has 1 amide bonds. The Morgan fingerprint density at radius 3 is 2.52 bits per heavy atom. The molecule has 2 saturated heterocycles. The van der Waals surface area contributed by atoms with Gasteiger partial charge in [-0.3, -0.25) is 14.6 Å². The molecule has 2 heterocycles. The minimum Gasteiger partial charge on any atom is -0.390 e. The Labute approximate surface area is 173 Å². The second kappa shape index (κ2) is 10.5. The topological polar surface area (TPSA) is 76.5 Å². The summed E-state index contributed by atoms with van der Waals surface area (Å²) in [5.41, 5.74) is -0.130. The number of benzene rings is 1. The molecule has 162 valence electrons. The van der Waals surface area contributed by atoms with E-state index < -0.39 is 11.7 Å². The Balaban J connectivity index is 1.49. The number of nitrogens with zero attached hydrogens (tertiary/aromatic N) is 3. The minimum atomic E-state index is -1.27. The Morgan fingerprint density at radius 1 is 1.14 bits per heavy atom. The maximum Gasteiger partial charge on any atom is 0.223 e. The van der Waals surface area contributed by atoms with Gasteiger partial charge in [-0.15, -0.1) is 0 Å². The van der Waals surface area contributed by atoms with Gasteiger partial charge in [0.1, 0.15) is 5.60 Å². The lowest BCUT2D eigenvalue weighted by Gasteiger charge is -2.46. The number of piperazine rings is 1. The number of carbonyl (C=O) groups excluding carboxylic acids is 1. The van der Waals surface area contributed by atoms with Crippen LogP contribution in [0.4, 0.5) is 0 Å². The highest BCUT2D eigenvalue weighted by atomic mass is 16.5. The van der Waals surface area contributed by atoms with E-state index in [4.69, 9.17) is 4.74 Å². The zero-order valence-corrected chi connectivity index (χ0v) is 17.5. The number of aryl methyl sites for hydroxylation is 1. The molecular formula is C22H35N3O4. The van der Waals surface area contributed by atoms with Crippen molar-refractivity contribution >= 4 is 5.91 Å². The number of amides is 1. The van der Waals surface area contributed by atoms with Crippen LogP contribution in [0.5, 0.6) is 0 Å². The van der Waals surface area contributed by atoms with Gasteiger partial charge in [0, 0.05) is 59.3 Å². The van der Waals surface area contributed by atoms with Gasteiger partial charge in [0.25, 0.3) is 0 Å². The van der Waals surface area contributed by atoms with Crippen molar-refractivity contribution < 1.29 is 19.7 Å². The van der Waals surface area contributed by atoms with E-state index in [1.807, 2.05) is 30.3 Å². The zero-order valence-electron chi connectivity index (χ0n) is 17.5. The molecule has 0 saturated carbocycles. The molecule has 29 heavy (non-hydrogen) atoms. The van der Waals surface area contributed by atoms with E-state index in [2.05, 4.69) is 9.80 Å². The van der Waals surface area contributed by atoms with E-state index in [1.165, 1.54) is 0 Å². The van der Waals surface area contributed by atoms with Gasteiger partial charge < -0.3 is 19.8 Å². The molecule has 2 fully saturated rings. The number of methoxy groups -OCH3 is 1. The Morgan fingerprint density at radius 2 is 1.83 bits per heavy atom. The fourth-order valence-corrected chi connectivity index (χ4v) is 4.26. The summed E-state index contributed by atoms with van der Waals surface area (Å²) in [6.07, 6.45) is 0.739. The third-order valence-corrected chi connectivity index (χ3v) is 6.15. The summed E-state index contributed by atoms with van der Waals surface area (Å²) in [6, 6.07) is 9.97. The largest absolute Gasteiger partial charge is 0.390 e. The van der Waals surface area contributed by atoms with Crippen LogP contribution in [-0.4, -0.2) is 109 Å². The van der Waals surface area contributed by atoms with Gasteiger partial charge in [-0.2, -0.15) is 0 Å². The van der Waals surface area contributed by atoms with Crippen LogP contribution in [0, 0.1) is 0 Å². The minimum absolute atomic E-state index is 0.0450. The van der Waals surface area contributed by atoms with Crippen LogP contribution in [0.1, 0.15) is 18.4 Å². The van der Waals surface area contributed by atoms with Crippen molar-refractivity contribution in [2.45, 2.75) is 31.0 Å². The maximum absolute atomic E-state index is 12.7. The van der Waals surface area contributed by atoms with Gasteiger partial charge in [0.2, 0.25) is 5.91 Å². The van der Waals surface area contributed by atoms with Crippen LogP contribution >= 0.6 is 0 Å². The Hall–Kier alpha value is -1.51. The average Bonchev–Trinajstić information content (AvgIpc) is 2.74. The van der Waals surface area contributed by atoms with Crippen molar-refractivity contribution in [2.24, 2.45) is 0 Å². The molecule has 1 aromatic rings. The SMILES string of the molecule is COCCN1CCN(C[C@@]2(O)CN(C(=O)CCc3ccccc3)CC[C@@H]2O)CC1. The number of β-amino-alcohol motifs (C(OH)–C–C–N with tert-alkyl or cyclic N) is 1. The van der Waals surface area contributed by atoms with Crippen LogP contribution in [0.25, 0.3) is 0 Å². The second-order valence-electron chi connectivity index (χ2n) is 8.32. The van der Waals surface area contributed by atoms with E-state index in [0.717, 1.165) is 44.9 Å². The molecule has 0 unspecified atom stereocenters. The van der Waals surface area contributed by atoms with Gasteiger partial charge in [-0.25, -0.2) is 0 Å². The summed E-state index contributed by atoms with van der Waals surface area (Å²) >= 11 is 0. The molecule has 0 spiro atoms. The predicted molar refractivity (Wildman–Crippen MR) is 112 cm³/mol. The molecule has 1 aromatic carbocycles. The zero-order chi connectivity index (χ0) is 20.7. The second-order valence-corrected chi connectivity index (χ2v) is 8.32. The monoisotopic (exact) mass is 405 g/mol. The predicted octanol–water partition coefficient (Wildman–Crippen LogP) is 0.208. The normalized spacial score (nSPS) is 26.6. The van der Waals surface area contributed by atoms with Crippen molar-refractivity contribution in [3.63, 3.8) is 0 Å². The molecule has 7 heteroatoms. The summed E-state index contributed by atoms with van der Waals surface area (Å²) in [5.74, 6) is 0.0450. The molecule has 2 aliphatic heterocycles. The van der Waals surface area contributed by atoms with Gasteiger partial charge >= 0.3 is 0 Å². The van der Waals surface area contributed by atoms with E-state index in [1.54, 1.807) is 12.0 Å². The number of hydrogen-bond donors (Lipinski definition) is 2. The number of rotatable bonds is 8. The molecule has 2 aliphatic rings. The molecule has 3 rings (SSSR count). The number of aliphatic hydroxyl groups excluding tert-OH is 1. The molecule has 0 bridgehead atoms. The smallest absolute Gasteiger partial charge is 0.223 e.